The van der Waals surface area contributed by atoms with Crippen LogP contribution < -0.4 is 10.6 Å². The van der Waals surface area contributed by atoms with Crippen LogP contribution in [-0.4, -0.2) is 38.1 Å². The van der Waals surface area contributed by atoms with Crippen LogP contribution >= 0.6 is 11.3 Å². The Balaban J connectivity index is 1.84. The van der Waals surface area contributed by atoms with Crippen molar-refractivity contribution in [3.8, 4) is 0 Å². The predicted octanol–water partition coefficient (Wildman–Crippen LogP) is 0.361. The number of aromatic nitrogens is 3. The van der Waals surface area contributed by atoms with Crippen LogP contribution in [0.5, 0.6) is 0 Å². The van der Waals surface area contributed by atoms with E-state index in [-0.39, 0.29) is 13.0 Å². The molecular weight excluding hydrogens is 282 g/mol. The summed E-state index contributed by atoms with van der Waals surface area (Å²) in [6, 6.07) is -1.57. The van der Waals surface area contributed by atoms with Gasteiger partial charge in [-0.15, -0.1) is 11.3 Å². The molecule has 0 spiro atoms. The molecule has 0 radical (unpaired) electrons. The lowest BCUT2D eigenvalue weighted by Gasteiger charge is -2.14. The Morgan fingerprint density at radius 2 is 2.35 bits per heavy atom. The third-order valence-electron chi connectivity index (χ3n) is 2.50. The number of carbonyl (C=O) groups excluding carboxylic acids is 1. The van der Waals surface area contributed by atoms with Crippen LogP contribution in [-0.2, 0) is 17.8 Å². The number of nitrogens with zero attached hydrogens (tertiary/aromatic N) is 2. The second-order valence-corrected chi connectivity index (χ2v) is 4.70. The van der Waals surface area contributed by atoms with Crippen molar-refractivity contribution in [2.75, 3.05) is 0 Å². The number of carboxylic acids is 1. The Bertz CT molecular complexity index is 555. The van der Waals surface area contributed by atoms with Gasteiger partial charge in [-0.3, -0.25) is 0 Å². The first kappa shape index (κ1) is 14.0. The van der Waals surface area contributed by atoms with Crippen molar-refractivity contribution in [3.05, 3.63) is 34.8 Å². The Kier molecular flexibility index (Phi) is 4.66. The molecule has 0 unspecified atom stereocenters. The first-order valence-corrected chi connectivity index (χ1v) is 6.71. The maximum atomic E-state index is 11.6. The number of imidazole rings is 1. The Hall–Kier alpha value is -2.42. The number of carboxylic acid groups (broad SMARTS) is 1. The van der Waals surface area contributed by atoms with Crippen molar-refractivity contribution in [1.29, 1.82) is 0 Å². The molecule has 0 aliphatic heterocycles. The maximum Gasteiger partial charge on any atom is 0.326 e. The van der Waals surface area contributed by atoms with Crippen LogP contribution in [0.15, 0.2) is 23.4 Å². The highest BCUT2D eigenvalue weighted by Crippen LogP contribution is 2.01. The molecule has 2 heterocycles. The molecule has 8 nitrogen and oxygen atoms in total. The second kappa shape index (κ2) is 6.66. The van der Waals surface area contributed by atoms with Gasteiger partial charge in [0.25, 0.3) is 0 Å². The van der Waals surface area contributed by atoms with Crippen molar-refractivity contribution in [3.63, 3.8) is 0 Å². The first-order valence-electron chi connectivity index (χ1n) is 5.76. The number of hydrogen-bond donors (Lipinski definition) is 4. The molecule has 2 amide bonds. The van der Waals surface area contributed by atoms with E-state index in [1.54, 1.807) is 10.9 Å². The summed E-state index contributed by atoms with van der Waals surface area (Å²) >= 11 is 1.42. The fraction of sp³-hybridized carbons (Fsp3) is 0.273. The van der Waals surface area contributed by atoms with E-state index in [4.69, 9.17) is 5.11 Å². The maximum absolute atomic E-state index is 11.6. The SMILES string of the molecule is O=C(NCc1cscn1)N[C@H](Cc1cnc[nH]1)C(=O)O. The molecule has 0 aliphatic rings. The fourth-order valence-corrected chi connectivity index (χ4v) is 2.08. The molecule has 2 aromatic heterocycles. The molecule has 2 aromatic rings. The summed E-state index contributed by atoms with van der Waals surface area (Å²) in [7, 11) is 0. The first-order chi connectivity index (χ1) is 9.65. The van der Waals surface area contributed by atoms with E-state index in [1.807, 2.05) is 0 Å². The highest BCUT2D eigenvalue weighted by Gasteiger charge is 2.20. The smallest absolute Gasteiger partial charge is 0.326 e. The average molecular weight is 295 g/mol. The third-order valence-corrected chi connectivity index (χ3v) is 3.13. The predicted molar refractivity (Wildman–Crippen MR) is 71.2 cm³/mol. The fourth-order valence-electron chi connectivity index (χ4n) is 1.52. The summed E-state index contributed by atoms with van der Waals surface area (Å²) in [6.45, 7) is 0.256. The van der Waals surface area contributed by atoms with E-state index in [1.165, 1.54) is 23.9 Å². The zero-order valence-corrected chi connectivity index (χ0v) is 11.2. The quantitative estimate of drug-likeness (QED) is 0.613. The third kappa shape index (κ3) is 4.05. The number of aliphatic carboxylic acids is 1. The van der Waals surface area contributed by atoms with E-state index in [0.717, 1.165) is 5.69 Å². The van der Waals surface area contributed by atoms with Crippen LogP contribution in [0.4, 0.5) is 4.79 Å². The number of amides is 2. The summed E-state index contributed by atoms with van der Waals surface area (Å²) in [4.78, 5) is 33.4. The minimum absolute atomic E-state index is 0.138. The lowest BCUT2D eigenvalue weighted by Crippen LogP contribution is -2.47. The van der Waals surface area contributed by atoms with Crippen molar-refractivity contribution in [1.82, 2.24) is 25.6 Å². The van der Waals surface area contributed by atoms with Gasteiger partial charge in [-0.25, -0.2) is 19.6 Å². The molecule has 0 fully saturated rings. The van der Waals surface area contributed by atoms with E-state index < -0.39 is 18.0 Å². The van der Waals surface area contributed by atoms with E-state index >= 15 is 0 Å². The topological polar surface area (TPSA) is 120 Å². The number of hydrogen-bond acceptors (Lipinski definition) is 5. The average Bonchev–Trinajstić information content (AvgIpc) is 3.08. The van der Waals surface area contributed by atoms with Crippen molar-refractivity contribution < 1.29 is 14.7 Å². The minimum atomic E-state index is -1.11. The number of rotatable bonds is 6. The summed E-state index contributed by atoms with van der Waals surface area (Å²) < 4.78 is 0. The Morgan fingerprint density at radius 1 is 1.50 bits per heavy atom. The van der Waals surface area contributed by atoms with Gasteiger partial charge in [-0.2, -0.15) is 0 Å². The molecule has 2 rings (SSSR count). The van der Waals surface area contributed by atoms with Crippen LogP contribution in [0.25, 0.3) is 0 Å². The molecule has 0 aromatic carbocycles. The molecule has 0 aliphatic carbocycles. The van der Waals surface area contributed by atoms with Crippen molar-refractivity contribution in [2.24, 2.45) is 0 Å². The molecular formula is C11H13N5O3S. The highest BCUT2D eigenvalue weighted by atomic mass is 32.1. The van der Waals surface area contributed by atoms with Gasteiger partial charge in [0.15, 0.2) is 0 Å². The van der Waals surface area contributed by atoms with Crippen molar-refractivity contribution >= 4 is 23.3 Å². The summed E-state index contributed by atoms with van der Waals surface area (Å²) in [6.07, 6.45) is 3.11. The molecule has 1 atom stereocenters. The molecule has 106 valence electrons. The molecule has 20 heavy (non-hydrogen) atoms. The van der Waals surface area contributed by atoms with Gasteiger partial charge in [0, 0.05) is 23.7 Å². The van der Waals surface area contributed by atoms with E-state index in [0.29, 0.717) is 5.69 Å². The van der Waals surface area contributed by atoms with Gasteiger partial charge in [-0.05, 0) is 0 Å². The number of thiazole rings is 1. The number of H-pyrrole nitrogens is 1. The van der Waals surface area contributed by atoms with Gasteiger partial charge in [0.05, 0.1) is 24.1 Å². The van der Waals surface area contributed by atoms with Crippen molar-refractivity contribution in [2.45, 2.75) is 19.0 Å². The van der Waals surface area contributed by atoms with Gasteiger partial charge >= 0.3 is 12.0 Å². The lowest BCUT2D eigenvalue weighted by molar-refractivity contribution is -0.139. The summed E-state index contributed by atoms with van der Waals surface area (Å²) in [5, 5.41) is 15.8. The Morgan fingerprint density at radius 3 is 2.95 bits per heavy atom. The lowest BCUT2D eigenvalue weighted by atomic mass is 10.2. The zero-order valence-electron chi connectivity index (χ0n) is 10.4. The number of carbonyl (C=O) groups is 2. The monoisotopic (exact) mass is 295 g/mol. The van der Waals surface area contributed by atoms with Crippen LogP contribution in [0.1, 0.15) is 11.4 Å². The van der Waals surface area contributed by atoms with Crippen LogP contribution in [0, 0.1) is 0 Å². The van der Waals surface area contributed by atoms with Gasteiger partial charge < -0.3 is 20.7 Å². The van der Waals surface area contributed by atoms with E-state index in [9.17, 15) is 9.59 Å². The van der Waals surface area contributed by atoms with E-state index in [2.05, 4.69) is 25.6 Å². The summed E-state index contributed by atoms with van der Waals surface area (Å²) in [5.41, 5.74) is 3.02. The standard InChI is InChI=1S/C11H13N5O3S/c17-10(18)9(1-7-2-12-5-14-7)16-11(19)13-3-8-4-20-6-15-8/h2,4-6,9H,1,3H2,(H,12,14)(H,17,18)(H2,13,16,19)/t9-/m1/s1. The molecule has 4 N–H and O–H groups in total. The van der Waals surface area contributed by atoms with Crippen LogP contribution in [0.2, 0.25) is 0 Å². The highest BCUT2D eigenvalue weighted by molar-refractivity contribution is 7.07. The number of urea groups is 1. The van der Waals surface area contributed by atoms with Gasteiger partial charge in [-0.1, -0.05) is 0 Å². The number of nitrogens with one attached hydrogen (secondary N) is 3. The minimum Gasteiger partial charge on any atom is -0.480 e. The molecule has 0 saturated carbocycles. The normalized spacial score (nSPS) is 11.8. The van der Waals surface area contributed by atoms with Gasteiger partial charge in [0.1, 0.15) is 6.04 Å². The molecule has 0 saturated heterocycles. The Labute approximate surface area is 118 Å². The zero-order chi connectivity index (χ0) is 14.4. The molecule has 9 heteroatoms. The van der Waals surface area contributed by atoms with Crippen LogP contribution in [0.3, 0.4) is 0 Å². The molecule has 0 bridgehead atoms. The van der Waals surface area contributed by atoms with Gasteiger partial charge in [0.2, 0.25) is 0 Å². The number of aromatic amines is 1. The largest absolute Gasteiger partial charge is 0.480 e. The second-order valence-electron chi connectivity index (χ2n) is 3.98. The summed E-state index contributed by atoms with van der Waals surface area (Å²) in [5.74, 6) is -1.11.